The number of ether oxygens (including phenoxy) is 1. The van der Waals surface area contributed by atoms with Crippen molar-refractivity contribution in [1.29, 1.82) is 0 Å². The second-order valence-electron chi connectivity index (χ2n) is 5.12. The van der Waals surface area contributed by atoms with Gasteiger partial charge in [0.25, 0.3) is 0 Å². The molecule has 19 heavy (non-hydrogen) atoms. The predicted molar refractivity (Wildman–Crippen MR) is 73.0 cm³/mol. The summed E-state index contributed by atoms with van der Waals surface area (Å²) in [5, 5.41) is 5.17. The molecule has 0 aromatic carbocycles. The minimum atomic E-state index is -0.328. The van der Waals surface area contributed by atoms with Crippen LogP contribution >= 0.6 is 11.3 Å². The van der Waals surface area contributed by atoms with Crippen LogP contribution in [0.3, 0.4) is 0 Å². The Morgan fingerprint density at radius 1 is 1.47 bits per heavy atom. The van der Waals surface area contributed by atoms with E-state index >= 15 is 0 Å². The van der Waals surface area contributed by atoms with E-state index < -0.39 is 0 Å². The van der Waals surface area contributed by atoms with Crippen LogP contribution < -0.4 is 5.32 Å². The molecular formula is C13H18N2O3S. The van der Waals surface area contributed by atoms with Gasteiger partial charge in [-0.3, -0.25) is 9.59 Å². The van der Waals surface area contributed by atoms with Gasteiger partial charge in [-0.25, -0.2) is 4.98 Å². The number of hydrogen-bond donors (Lipinski definition) is 1. The van der Waals surface area contributed by atoms with Crippen LogP contribution in [0.15, 0.2) is 5.38 Å². The van der Waals surface area contributed by atoms with Crippen molar-refractivity contribution >= 4 is 28.3 Å². The lowest BCUT2D eigenvalue weighted by Gasteiger charge is -2.21. The molecule has 0 atom stereocenters. The van der Waals surface area contributed by atoms with E-state index in [1.165, 1.54) is 18.4 Å². The van der Waals surface area contributed by atoms with Gasteiger partial charge in [0, 0.05) is 10.8 Å². The molecular weight excluding hydrogens is 264 g/mol. The topological polar surface area (TPSA) is 68.3 Å². The number of amides is 1. The summed E-state index contributed by atoms with van der Waals surface area (Å²) in [4.78, 5) is 27.5. The highest BCUT2D eigenvalue weighted by atomic mass is 32.1. The van der Waals surface area contributed by atoms with E-state index in [2.05, 4.69) is 15.0 Å². The Kier molecular flexibility index (Phi) is 4.19. The zero-order chi connectivity index (χ0) is 13.9. The summed E-state index contributed by atoms with van der Waals surface area (Å²) in [5.41, 5.74) is 0.359. The van der Waals surface area contributed by atoms with Gasteiger partial charge >= 0.3 is 5.97 Å². The van der Waals surface area contributed by atoms with Gasteiger partial charge in [0.15, 0.2) is 5.13 Å². The van der Waals surface area contributed by atoms with Crippen LogP contribution in [-0.2, 0) is 20.7 Å². The molecule has 1 amide bonds. The van der Waals surface area contributed by atoms with E-state index in [0.29, 0.717) is 10.8 Å². The maximum atomic E-state index is 12.2. The first kappa shape index (κ1) is 14.0. The van der Waals surface area contributed by atoms with Gasteiger partial charge in [0.05, 0.1) is 19.2 Å². The van der Waals surface area contributed by atoms with E-state index in [-0.39, 0.29) is 23.7 Å². The van der Waals surface area contributed by atoms with Crippen molar-refractivity contribution in [1.82, 2.24) is 4.98 Å². The van der Waals surface area contributed by atoms with E-state index in [0.717, 1.165) is 25.7 Å². The quantitative estimate of drug-likeness (QED) is 0.861. The molecule has 1 N–H and O–H groups in total. The molecule has 0 spiro atoms. The molecule has 0 aliphatic heterocycles. The lowest BCUT2D eigenvalue weighted by molar-refractivity contribution is -0.139. The molecule has 1 aromatic rings. The van der Waals surface area contributed by atoms with Gasteiger partial charge in [-0.15, -0.1) is 11.3 Å². The monoisotopic (exact) mass is 282 g/mol. The molecule has 1 saturated carbocycles. The molecule has 0 radical (unpaired) electrons. The number of carbonyl (C=O) groups excluding carboxylic acids is 2. The summed E-state index contributed by atoms with van der Waals surface area (Å²) < 4.78 is 4.58. The molecule has 1 fully saturated rings. The molecule has 0 unspecified atom stereocenters. The average Bonchev–Trinajstić information content (AvgIpc) is 2.99. The molecule has 1 heterocycles. The number of nitrogens with zero attached hydrogens (tertiary/aromatic N) is 1. The Bertz CT molecular complexity index is 478. The van der Waals surface area contributed by atoms with Gasteiger partial charge < -0.3 is 10.1 Å². The summed E-state index contributed by atoms with van der Waals surface area (Å²) in [7, 11) is 1.35. The highest BCUT2D eigenvalue weighted by Gasteiger charge is 2.36. The van der Waals surface area contributed by atoms with E-state index in [1.807, 2.05) is 6.92 Å². The minimum absolute atomic E-state index is 0.0315. The number of nitrogens with one attached hydrogen (secondary N) is 1. The van der Waals surface area contributed by atoms with Crippen LogP contribution in [0, 0.1) is 5.41 Å². The number of rotatable bonds is 4. The van der Waals surface area contributed by atoms with Gasteiger partial charge in [0.2, 0.25) is 5.91 Å². The van der Waals surface area contributed by atoms with E-state index in [4.69, 9.17) is 0 Å². The van der Waals surface area contributed by atoms with Gasteiger partial charge in [-0.2, -0.15) is 0 Å². The molecule has 0 bridgehead atoms. The normalized spacial score (nSPS) is 17.2. The van der Waals surface area contributed by atoms with Crippen molar-refractivity contribution in [2.24, 2.45) is 5.41 Å². The van der Waals surface area contributed by atoms with Crippen molar-refractivity contribution < 1.29 is 14.3 Å². The fourth-order valence-electron chi connectivity index (χ4n) is 2.30. The molecule has 104 valence electrons. The van der Waals surface area contributed by atoms with Crippen LogP contribution in [0.1, 0.15) is 38.3 Å². The number of carbonyl (C=O) groups is 2. The third-order valence-electron chi connectivity index (χ3n) is 3.58. The molecule has 2 rings (SSSR count). The molecule has 1 aliphatic rings. The fraction of sp³-hybridized carbons (Fsp3) is 0.615. The standard InChI is InChI=1S/C13H18N2O3S/c1-13(5-3-4-6-13)11(17)15-12-14-9(8-19-12)7-10(16)18-2/h8H,3-7H2,1-2H3,(H,14,15,17). The van der Waals surface area contributed by atoms with Crippen molar-refractivity contribution in [3.8, 4) is 0 Å². The zero-order valence-corrected chi connectivity index (χ0v) is 12.0. The van der Waals surface area contributed by atoms with Crippen molar-refractivity contribution in [3.63, 3.8) is 0 Å². The number of hydrogen-bond acceptors (Lipinski definition) is 5. The van der Waals surface area contributed by atoms with Crippen molar-refractivity contribution in [3.05, 3.63) is 11.1 Å². The predicted octanol–water partition coefficient (Wildman–Crippen LogP) is 2.38. The van der Waals surface area contributed by atoms with Crippen LogP contribution in [0.4, 0.5) is 5.13 Å². The Labute approximate surface area is 116 Å². The molecule has 5 nitrogen and oxygen atoms in total. The number of anilines is 1. The summed E-state index contributed by atoms with van der Waals surface area (Å²) in [5.74, 6) is -0.296. The lowest BCUT2D eigenvalue weighted by atomic mass is 9.88. The maximum Gasteiger partial charge on any atom is 0.311 e. The lowest BCUT2D eigenvalue weighted by Crippen LogP contribution is -2.30. The second-order valence-corrected chi connectivity index (χ2v) is 5.98. The minimum Gasteiger partial charge on any atom is -0.469 e. The third kappa shape index (κ3) is 3.32. The SMILES string of the molecule is COC(=O)Cc1csc(NC(=O)C2(C)CCCC2)n1. The van der Waals surface area contributed by atoms with Crippen LogP contribution in [0.25, 0.3) is 0 Å². The van der Waals surface area contributed by atoms with Gasteiger partial charge in [-0.05, 0) is 12.8 Å². The molecule has 0 saturated heterocycles. The summed E-state index contributed by atoms with van der Waals surface area (Å²) in [6.45, 7) is 2.00. The Morgan fingerprint density at radius 3 is 2.79 bits per heavy atom. The zero-order valence-electron chi connectivity index (χ0n) is 11.2. The number of methoxy groups -OCH3 is 1. The Hall–Kier alpha value is -1.43. The summed E-state index contributed by atoms with van der Waals surface area (Å²) >= 11 is 1.34. The fourth-order valence-corrected chi connectivity index (χ4v) is 3.00. The first-order chi connectivity index (χ1) is 9.03. The maximum absolute atomic E-state index is 12.2. The Balaban J connectivity index is 1.96. The first-order valence-corrected chi connectivity index (χ1v) is 7.24. The van der Waals surface area contributed by atoms with Crippen molar-refractivity contribution in [2.45, 2.75) is 39.0 Å². The van der Waals surface area contributed by atoms with E-state index in [9.17, 15) is 9.59 Å². The summed E-state index contributed by atoms with van der Waals surface area (Å²) in [6, 6.07) is 0. The average molecular weight is 282 g/mol. The van der Waals surface area contributed by atoms with Crippen molar-refractivity contribution in [2.75, 3.05) is 12.4 Å². The highest BCUT2D eigenvalue weighted by Crippen LogP contribution is 2.38. The van der Waals surface area contributed by atoms with Gasteiger partial charge in [-0.1, -0.05) is 19.8 Å². The van der Waals surface area contributed by atoms with E-state index in [1.54, 1.807) is 5.38 Å². The molecule has 6 heteroatoms. The van der Waals surface area contributed by atoms with Crippen LogP contribution in [-0.4, -0.2) is 24.0 Å². The summed E-state index contributed by atoms with van der Waals surface area (Å²) in [6.07, 6.45) is 4.21. The van der Waals surface area contributed by atoms with Gasteiger partial charge in [0.1, 0.15) is 0 Å². The largest absolute Gasteiger partial charge is 0.469 e. The number of esters is 1. The Morgan fingerprint density at radius 2 is 2.16 bits per heavy atom. The number of aromatic nitrogens is 1. The highest BCUT2D eigenvalue weighted by molar-refractivity contribution is 7.13. The third-order valence-corrected chi connectivity index (χ3v) is 4.39. The second kappa shape index (κ2) is 5.69. The van der Waals surface area contributed by atoms with Crippen LogP contribution in [0.5, 0.6) is 0 Å². The first-order valence-electron chi connectivity index (χ1n) is 6.36. The smallest absolute Gasteiger partial charge is 0.311 e. The molecule has 1 aromatic heterocycles. The number of thiazole rings is 1. The molecule has 1 aliphatic carbocycles. The van der Waals surface area contributed by atoms with Crippen LogP contribution in [0.2, 0.25) is 0 Å².